The number of amides is 1. The number of hydrogen-bond donors (Lipinski definition) is 0. The molecule has 1 aliphatic rings. The highest BCUT2D eigenvalue weighted by Crippen LogP contribution is 2.20. The lowest BCUT2D eigenvalue weighted by Crippen LogP contribution is -2.40. The monoisotopic (exact) mass is 413 g/mol. The number of likely N-dealkylation sites (tertiary alicyclic amines) is 1. The summed E-state index contributed by atoms with van der Waals surface area (Å²) in [5, 5.41) is 0.902. The molecule has 0 N–H and O–H groups in total. The standard InChI is InChI=1S/C23H31N3O2S/c1-25(23(27)18-29-22-5-3-4-13-24-22)17-20-11-15-26(16-12-20)14-10-19-6-8-21(28-2)9-7-19/h3-9,13,20H,10-12,14-18H2,1-2H3. The van der Waals surface area contributed by atoms with Gasteiger partial charge in [0.25, 0.3) is 0 Å². The minimum atomic E-state index is 0.183. The Labute approximate surface area is 178 Å². The molecule has 29 heavy (non-hydrogen) atoms. The van der Waals surface area contributed by atoms with Crippen LogP contribution in [0.15, 0.2) is 53.7 Å². The van der Waals surface area contributed by atoms with Crippen LogP contribution in [0.1, 0.15) is 18.4 Å². The Kier molecular flexibility index (Phi) is 8.38. The van der Waals surface area contributed by atoms with Crippen molar-refractivity contribution in [2.24, 2.45) is 5.92 Å². The largest absolute Gasteiger partial charge is 0.497 e. The summed E-state index contributed by atoms with van der Waals surface area (Å²) in [4.78, 5) is 21.1. The Bertz CT molecular complexity index is 746. The van der Waals surface area contributed by atoms with Gasteiger partial charge in [-0.1, -0.05) is 30.0 Å². The number of piperidine rings is 1. The van der Waals surface area contributed by atoms with Crippen LogP contribution >= 0.6 is 11.8 Å². The molecule has 1 aromatic carbocycles. The Morgan fingerprint density at radius 1 is 1.21 bits per heavy atom. The third-order valence-electron chi connectivity index (χ3n) is 5.52. The molecule has 6 heteroatoms. The summed E-state index contributed by atoms with van der Waals surface area (Å²) in [5.74, 6) is 2.14. The summed E-state index contributed by atoms with van der Waals surface area (Å²) in [6.45, 7) is 4.18. The van der Waals surface area contributed by atoms with Crippen molar-refractivity contribution >= 4 is 17.7 Å². The molecule has 1 aromatic heterocycles. The van der Waals surface area contributed by atoms with Gasteiger partial charge in [-0.25, -0.2) is 4.98 Å². The van der Waals surface area contributed by atoms with Gasteiger partial charge in [0, 0.05) is 26.3 Å². The second-order valence-electron chi connectivity index (χ2n) is 7.61. The summed E-state index contributed by atoms with van der Waals surface area (Å²) in [6.07, 6.45) is 5.15. The number of thioether (sulfide) groups is 1. The van der Waals surface area contributed by atoms with E-state index in [1.54, 1.807) is 13.3 Å². The number of hydrogen-bond acceptors (Lipinski definition) is 5. The smallest absolute Gasteiger partial charge is 0.232 e. The first-order valence-corrected chi connectivity index (χ1v) is 11.3. The zero-order chi connectivity index (χ0) is 20.5. The van der Waals surface area contributed by atoms with Crippen molar-refractivity contribution in [2.45, 2.75) is 24.3 Å². The third-order valence-corrected chi connectivity index (χ3v) is 6.45. The molecule has 5 nitrogen and oxygen atoms in total. The minimum Gasteiger partial charge on any atom is -0.497 e. The van der Waals surface area contributed by atoms with Gasteiger partial charge in [-0.2, -0.15) is 0 Å². The van der Waals surface area contributed by atoms with Gasteiger partial charge >= 0.3 is 0 Å². The Balaban J connectivity index is 1.33. The molecular formula is C23H31N3O2S. The van der Waals surface area contributed by atoms with Crippen molar-refractivity contribution in [2.75, 3.05) is 46.1 Å². The summed E-state index contributed by atoms with van der Waals surface area (Å²) in [5.41, 5.74) is 1.35. The van der Waals surface area contributed by atoms with Crippen LogP contribution in [0.5, 0.6) is 5.75 Å². The van der Waals surface area contributed by atoms with Gasteiger partial charge in [0.2, 0.25) is 5.91 Å². The maximum atomic E-state index is 12.4. The van der Waals surface area contributed by atoms with Crippen LogP contribution in [0.2, 0.25) is 0 Å². The van der Waals surface area contributed by atoms with Crippen molar-refractivity contribution < 1.29 is 9.53 Å². The molecule has 0 saturated carbocycles. The van der Waals surface area contributed by atoms with Gasteiger partial charge < -0.3 is 14.5 Å². The van der Waals surface area contributed by atoms with E-state index in [1.165, 1.54) is 17.3 Å². The van der Waals surface area contributed by atoms with Crippen LogP contribution < -0.4 is 4.74 Å². The van der Waals surface area contributed by atoms with Crippen LogP contribution in [0, 0.1) is 5.92 Å². The molecule has 0 spiro atoms. The third kappa shape index (κ3) is 7.05. The molecule has 1 fully saturated rings. The van der Waals surface area contributed by atoms with E-state index in [9.17, 15) is 4.79 Å². The first-order chi connectivity index (χ1) is 14.1. The van der Waals surface area contributed by atoms with Crippen molar-refractivity contribution in [1.29, 1.82) is 0 Å². The van der Waals surface area contributed by atoms with Crippen molar-refractivity contribution in [1.82, 2.24) is 14.8 Å². The fourth-order valence-corrected chi connectivity index (χ4v) is 4.44. The van der Waals surface area contributed by atoms with E-state index in [2.05, 4.69) is 22.0 Å². The lowest BCUT2D eigenvalue weighted by atomic mass is 9.96. The zero-order valence-corrected chi connectivity index (χ0v) is 18.2. The van der Waals surface area contributed by atoms with Crippen molar-refractivity contribution in [3.05, 3.63) is 54.2 Å². The maximum Gasteiger partial charge on any atom is 0.232 e. The van der Waals surface area contributed by atoms with Gasteiger partial charge in [-0.3, -0.25) is 4.79 Å². The maximum absolute atomic E-state index is 12.4. The van der Waals surface area contributed by atoms with Crippen LogP contribution in [-0.2, 0) is 11.2 Å². The highest BCUT2D eigenvalue weighted by atomic mass is 32.2. The molecule has 2 heterocycles. The molecule has 2 aromatic rings. The molecule has 1 aliphatic heterocycles. The average Bonchev–Trinajstić information content (AvgIpc) is 2.78. The summed E-state index contributed by atoms with van der Waals surface area (Å²) < 4.78 is 5.22. The highest BCUT2D eigenvalue weighted by Gasteiger charge is 2.22. The number of pyridine rings is 1. The quantitative estimate of drug-likeness (QED) is 0.588. The molecule has 0 unspecified atom stereocenters. The molecule has 1 saturated heterocycles. The van der Waals surface area contributed by atoms with Gasteiger partial charge in [0.05, 0.1) is 17.9 Å². The van der Waals surface area contributed by atoms with E-state index in [-0.39, 0.29) is 5.91 Å². The number of aromatic nitrogens is 1. The number of rotatable bonds is 9. The Hall–Kier alpha value is -2.05. The number of carbonyl (C=O) groups excluding carboxylic acids is 1. The number of carbonyl (C=O) groups is 1. The Morgan fingerprint density at radius 3 is 2.62 bits per heavy atom. The van der Waals surface area contributed by atoms with Gasteiger partial charge in [0.1, 0.15) is 5.75 Å². The molecule has 156 valence electrons. The van der Waals surface area contributed by atoms with E-state index in [0.29, 0.717) is 11.7 Å². The van der Waals surface area contributed by atoms with Gasteiger partial charge in [0.15, 0.2) is 0 Å². The summed E-state index contributed by atoms with van der Waals surface area (Å²) in [6, 6.07) is 14.1. The summed E-state index contributed by atoms with van der Waals surface area (Å²) >= 11 is 1.51. The number of benzene rings is 1. The van der Waals surface area contributed by atoms with Crippen LogP contribution in [-0.4, -0.2) is 66.8 Å². The van der Waals surface area contributed by atoms with E-state index in [1.807, 2.05) is 42.3 Å². The van der Waals surface area contributed by atoms with Crippen LogP contribution in [0.25, 0.3) is 0 Å². The molecule has 0 atom stereocenters. The lowest BCUT2D eigenvalue weighted by molar-refractivity contribution is -0.127. The second kappa shape index (κ2) is 11.2. The predicted molar refractivity (Wildman–Crippen MR) is 118 cm³/mol. The zero-order valence-electron chi connectivity index (χ0n) is 17.4. The van der Waals surface area contributed by atoms with Crippen LogP contribution in [0.4, 0.5) is 0 Å². The summed E-state index contributed by atoms with van der Waals surface area (Å²) in [7, 11) is 3.63. The van der Waals surface area contributed by atoms with Crippen molar-refractivity contribution in [3.63, 3.8) is 0 Å². The van der Waals surface area contributed by atoms with Crippen molar-refractivity contribution in [3.8, 4) is 5.75 Å². The van der Waals surface area contributed by atoms with E-state index in [0.717, 1.165) is 56.2 Å². The predicted octanol–water partition coefficient (Wildman–Crippen LogP) is 3.60. The highest BCUT2D eigenvalue weighted by molar-refractivity contribution is 7.99. The first-order valence-electron chi connectivity index (χ1n) is 10.3. The normalized spacial score (nSPS) is 15.2. The molecular weight excluding hydrogens is 382 g/mol. The topological polar surface area (TPSA) is 45.7 Å². The van der Waals surface area contributed by atoms with Gasteiger partial charge in [-0.15, -0.1) is 0 Å². The number of ether oxygens (including phenoxy) is 1. The molecule has 0 bridgehead atoms. The second-order valence-corrected chi connectivity index (χ2v) is 8.61. The van der Waals surface area contributed by atoms with E-state index >= 15 is 0 Å². The minimum absolute atomic E-state index is 0.183. The fourth-order valence-electron chi connectivity index (χ4n) is 3.64. The molecule has 0 radical (unpaired) electrons. The SMILES string of the molecule is COc1ccc(CCN2CCC(CN(C)C(=O)CSc3ccccn3)CC2)cc1. The fraction of sp³-hybridized carbons (Fsp3) is 0.478. The van der Waals surface area contributed by atoms with E-state index < -0.39 is 0 Å². The number of nitrogens with zero attached hydrogens (tertiary/aromatic N) is 3. The van der Waals surface area contributed by atoms with E-state index in [4.69, 9.17) is 4.74 Å². The van der Waals surface area contributed by atoms with Gasteiger partial charge in [-0.05, 0) is 68.1 Å². The average molecular weight is 414 g/mol. The molecule has 1 amide bonds. The van der Waals surface area contributed by atoms with Crippen LogP contribution in [0.3, 0.4) is 0 Å². The molecule has 3 rings (SSSR count). The number of methoxy groups -OCH3 is 1. The lowest BCUT2D eigenvalue weighted by Gasteiger charge is -2.34. The molecule has 0 aliphatic carbocycles. The Morgan fingerprint density at radius 2 is 1.97 bits per heavy atom. The first kappa shape index (κ1) is 21.7.